The second-order valence-electron chi connectivity index (χ2n) is 6.17. The Kier molecular flexibility index (Phi) is 5.74. The molecule has 0 fully saturated rings. The Labute approximate surface area is 162 Å². The number of nitrogens with zero attached hydrogens (tertiary/aromatic N) is 2. The van der Waals surface area contributed by atoms with Crippen LogP contribution in [-0.2, 0) is 30.9 Å². The third kappa shape index (κ3) is 4.55. The SMILES string of the molecule is CN(CC(=O)OCC(=O)NCc1ccccc1)C1=NS(=O)(=O)c2ccccc21. The summed E-state index contributed by atoms with van der Waals surface area (Å²) in [5.74, 6) is -0.922. The van der Waals surface area contributed by atoms with E-state index in [4.69, 9.17) is 4.74 Å². The van der Waals surface area contributed by atoms with Crippen molar-refractivity contribution in [3.63, 3.8) is 0 Å². The minimum Gasteiger partial charge on any atom is -0.454 e. The lowest BCUT2D eigenvalue weighted by Gasteiger charge is -2.17. The molecule has 8 nitrogen and oxygen atoms in total. The van der Waals surface area contributed by atoms with Crippen molar-refractivity contribution in [2.75, 3.05) is 20.2 Å². The molecule has 0 bridgehead atoms. The molecule has 0 unspecified atom stereocenters. The first kappa shape index (κ1) is 19.6. The Bertz CT molecular complexity index is 1020. The Balaban J connectivity index is 1.51. The highest BCUT2D eigenvalue weighted by Gasteiger charge is 2.31. The first-order valence-electron chi connectivity index (χ1n) is 8.48. The topological polar surface area (TPSA) is 105 Å². The molecule has 3 rings (SSSR count). The van der Waals surface area contributed by atoms with E-state index in [1.807, 2.05) is 30.3 Å². The Morgan fingerprint density at radius 1 is 1.07 bits per heavy atom. The maximum Gasteiger partial charge on any atom is 0.326 e. The third-order valence-corrected chi connectivity index (χ3v) is 5.36. The summed E-state index contributed by atoms with van der Waals surface area (Å²) in [6, 6.07) is 15.7. The first-order valence-corrected chi connectivity index (χ1v) is 9.92. The number of fused-ring (bicyclic) bond motifs is 1. The van der Waals surface area contributed by atoms with Crippen LogP contribution in [0.1, 0.15) is 11.1 Å². The van der Waals surface area contributed by atoms with Gasteiger partial charge in [-0.05, 0) is 17.7 Å². The van der Waals surface area contributed by atoms with Crippen molar-refractivity contribution in [2.45, 2.75) is 11.4 Å². The zero-order chi connectivity index (χ0) is 20.1. The number of amidine groups is 1. The number of sulfonamides is 1. The van der Waals surface area contributed by atoms with E-state index in [0.717, 1.165) is 5.56 Å². The molecule has 28 heavy (non-hydrogen) atoms. The van der Waals surface area contributed by atoms with Gasteiger partial charge in [0.15, 0.2) is 12.4 Å². The molecule has 1 aliphatic heterocycles. The summed E-state index contributed by atoms with van der Waals surface area (Å²) in [5, 5.41) is 2.65. The van der Waals surface area contributed by atoms with Gasteiger partial charge >= 0.3 is 5.97 Å². The molecule has 1 amide bonds. The van der Waals surface area contributed by atoms with E-state index in [0.29, 0.717) is 12.1 Å². The van der Waals surface area contributed by atoms with Gasteiger partial charge in [0.05, 0.1) is 0 Å². The van der Waals surface area contributed by atoms with Gasteiger partial charge in [-0.15, -0.1) is 4.40 Å². The molecule has 0 saturated carbocycles. The number of carbonyl (C=O) groups excluding carboxylic acids is 2. The van der Waals surface area contributed by atoms with Crippen LogP contribution >= 0.6 is 0 Å². The molecule has 9 heteroatoms. The quantitative estimate of drug-likeness (QED) is 0.722. The van der Waals surface area contributed by atoms with E-state index in [9.17, 15) is 18.0 Å². The maximum absolute atomic E-state index is 12.1. The standard InChI is InChI=1S/C19H19N3O5S/c1-22(19-15-9-5-6-10-16(15)28(25,26)21-19)12-18(24)27-13-17(23)20-11-14-7-3-2-4-8-14/h2-10H,11-13H2,1H3,(H,20,23). The second-order valence-corrected chi connectivity index (χ2v) is 7.74. The van der Waals surface area contributed by atoms with Crippen molar-refractivity contribution in [2.24, 2.45) is 4.40 Å². The lowest BCUT2D eigenvalue weighted by molar-refractivity contribution is -0.148. The number of hydrogen-bond donors (Lipinski definition) is 1. The molecule has 0 aromatic heterocycles. The summed E-state index contributed by atoms with van der Waals surface area (Å²) >= 11 is 0. The van der Waals surface area contributed by atoms with Crippen LogP contribution in [0.15, 0.2) is 63.9 Å². The highest BCUT2D eigenvalue weighted by atomic mass is 32.2. The molecule has 0 radical (unpaired) electrons. The second kappa shape index (κ2) is 8.22. The summed E-state index contributed by atoms with van der Waals surface area (Å²) in [7, 11) is -2.23. The molecule has 146 valence electrons. The molecule has 1 aliphatic rings. The van der Waals surface area contributed by atoms with E-state index in [1.165, 1.54) is 18.0 Å². The van der Waals surface area contributed by atoms with Crippen LogP contribution in [0, 0.1) is 0 Å². The van der Waals surface area contributed by atoms with Crippen LogP contribution in [0.5, 0.6) is 0 Å². The van der Waals surface area contributed by atoms with Gasteiger partial charge in [-0.25, -0.2) is 0 Å². The molecule has 0 spiro atoms. The summed E-state index contributed by atoms with van der Waals surface area (Å²) in [6.07, 6.45) is 0. The fourth-order valence-electron chi connectivity index (χ4n) is 2.67. The summed E-state index contributed by atoms with van der Waals surface area (Å²) in [6.45, 7) is -0.321. The van der Waals surface area contributed by atoms with E-state index in [1.54, 1.807) is 18.2 Å². The predicted molar refractivity (Wildman–Crippen MR) is 102 cm³/mol. The molecule has 1 N–H and O–H groups in total. The number of amides is 1. The van der Waals surface area contributed by atoms with Crippen molar-refractivity contribution < 1.29 is 22.7 Å². The maximum atomic E-state index is 12.1. The van der Waals surface area contributed by atoms with Crippen LogP contribution < -0.4 is 5.32 Å². The number of ether oxygens (including phenoxy) is 1. The largest absolute Gasteiger partial charge is 0.454 e. The molecule has 2 aromatic carbocycles. The van der Waals surface area contributed by atoms with Crippen LogP contribution in [0.4, 0.5) is 0 Å². The van der Waals surface area contributed by atoms with Gasteiger partial charge < -0.3 is 15.0 Å². The third-order valence-electron chi connectivity index (χ3n) is 4.04. The van der Waals surface area contributed by atoms with E-state index in [2.05, 4.69) is 9.71 Å². The average Bonchev–Trinajstić information content (AvgIpc) is 2.97. The van der Waals surface area contributed by atoms with Gasteiger partial charge in [-0.1, -0.05) is 42.5 Å². The fraction of sp³-hybridized carbons (Fsp3) is 0.211. The number of likely N-dealkylation sites (N-methyl/N-ethyl adjacent to an activating group) is 1. The fourth-order valence-corrected chi connectivity index (χ4v) is 3.92. The van der Waals surface area contributed by atoms with Crippen molar-refractivity contribution in [3.05, 3.63) is 65.7 Å². The van der Waals surface area contributed by atoms with Crippen LogP contribution in [0.3, 0.4) is 0 Å². The van der Waals surface area contributed by atoms with E-state index >= 15 is 0 Å². The highest BCUT2D eigenvalue weighted by Crippen LogP contribution is 2.26. The Morgan fingerprint density at radius 3 is 2.50 bits per heavy atom. The molecule has 0 aliphatic carbocycles. The first-order chi connectivity index (χ1) is 13.4. The van der Waals surface area contributed by atoms with Crippen molar-refractivity contribution >= 4 is 27.7 Å². The highest BCUT2D eigenvalue weighted by molar-refractivity contribution is 7.90. The summed E-state index contributed by atoms with van der Waals surface area (Å²) < 4.78 is 32.8. The zero-order valence-electron chi connectivity index (χ0n) is 15.2. The van der Waals surface area contributed by atoms with Gasteiger partial charge in [-0.3, -0.25) is 9.59 Å². The normalized spacial score (nSPS) is 14.0. The number of hydrogen-bond acceptors (Lipinski definition) is 6. The van der Waals surface area contributed by atoms with Gasteiger partial charge in [0.1, 0.15) is 11.4 Å². The van der Waals surface area contributed by atoms with E-state index in [-0.39, 0.29) is 17.3 Å². The van der Waals surface area contributed by atoms with Crippen molar-refractivity contribution in [1.82, 2.24) is 10.2 Å². The molecular formula is C19H19N3O5S. The molecule has 0 atom stereocenters. The van der Waals surface area contributed by atoms with Crippen LogP contribution in [-0.4, -0.2) is 51.2 Å². The number of rotatable bonds is 6. The average molecular weight is 401 g/mol. The minimum atomic E-state index is -3.76. The summed E-state index contributed by atoms with van der Waals surface area (Å²) in [5.41, 5.74) is 1.36. The summed E-state index contributed by atoms with van der Waals surface area (Å²) in [4.78, 5) is 25.3. The Hall–Kier alpha value is -3.20. The molecular weight excluding hydrogens is 382 g/mol. The predicted octanol–water partition coefficient (Wildman–Crippen LogP) is 0.927. The van der Waals surface area contributed by atoms with Crippen molar-refractivity contribution in [1.29, 1.82) is 0 Å². The van der Waals surface area contributed by atoms with Crippen LogP contribution in [0.25, 0.3) is 0 Å². The number of esters is 1. The zero-order valence-corrected chi connectivity index (χ0v) is 16.0. The number of benzene rings is 2. The van der Waals surface area contributed by atoms with Gasteiger partial charge in [0, 0.05) is 19.2 Å². The minimum absolute atomic E-state index is 0.102. The van der Waals surface area contributed by atoms with Crippen molar-refractivity contribution in [3.8, 4) is 0 Å². The molecule has 1 heterocycles. The van der Waals surface area contributed by atoms with Crippen LogP contribution in [0.2, 0.25) is 0 Å². The molecule has 2 aromatic rings. The monoisotopic (exact) mass is 401 g/mol. The number of carbonyl (C=O) groups is 2. The van der Waals surface area contributed by atoms with Gasteiger partial charge in [0.2, 0.25) is 0 Å². The van der Waals surface area contributed by atoms with Gasteiger partial charge in [-0.2, -0.15) is 8.42 Å². The van der Waals surface area contributed by atoms with Gasteiger partial charge in [0.25, 0.3) is 15.9 Å². The number of nitrogens with one attached hydrogen (secondary N) is 1. The Morgan fingerprint density at radius 2 is 1.75 bits per heavy atom. The molecule has 0 saturated heterocycles. The lowest BCUT2D eigenvalue weighted by atomic mass is 10.2. The smallest absolute Gasteiger partial charge is 0.326 e. The van der Waals surface area contributed by atoms with E-state index < -0.39 is 28.5 Å². The lowest BCUT2D eigenvalue weighted by Crippen LogP contribution is -2.35.